The van der Waals surface area contributed by atoms with E-state index in [2.05, 4.69) is 15.0 Å². The third-order valence-corrected chi connectivity index (χ3v) is 3.94. The molecule has 0 saturated carbocycles. The molecule has 2 unspecified atom stereocenters. The molecule has 3 N–H and O–H groups in total. The number of ether oxygens (including phenoxy) is 2. The number of alkyl carbamates (subject to hydrolysis) is 1. The van der Waals surface area contributed by atoms with Crippen LogP contribution in [0.15, 0.2) is 12.3 Å². The topological polar surface area (TPSA) is 104 Å². The Balaban J connectivity index is 3.22. The zero-order valence-electron chi connectivity index (χ0n) is 15.3. The average molecular weight is 425 g/mol. The standard InChI is InChI=1S/C16H22F3N3O5S/c1-3-26-13(24)12-10(5-6-20-12)22(14(28)21-15(25)27-4-2)7-11(18)16(19,8-17)9-23/h5-6,11,20,23H,3-4,7-9H2,1-2H3,(H,21,25,28). The number of hydrogen-bond donors (Lipinski definition) is 3. The molecule has 0 spiro atoms. The lowest BCUT2D eigenvalue weighted by Gasteiger charge is -2.31. The summed E-state index contributed by atoms with van der Waals surface area (Å²) < 4.78 is 51.1. The molecule has 0 aliphatic heterocycles. The number of aliphatic hydroxyl groups excluding tert-OH is 1. The highest BCUT2D eigenvalue weighted by molar-refractivity contribution is 7.80. The summed E-state index contributed by atoms with van der Waals surface area (Å²) in [6, 6.07) is 1.31. The Hall–Kier alpha value is -2.34. The summed E-state index contributed by atoms with van der Waals surface area (Å²) in [5.74, 6) is -0.805. The molecule has 28 heavy (non-hydrogen) atoms. The number of anilines is 1. The Kier molecular flexibility index (Phi) is 9.19. The molecule has 0 radical (unpaired) electrons. The van der Waals surface area contributed by atoms with Gasteiger partial charge in [-0.05, 0) is 32.1 Å². The van der Waals surface area contributed by atoms with Crippen LogP contribution in [0.25, 0.3) is 0 Å². The molecule has 158 valence electrons. The van der Waals surface area contributed by atoms with Crippen LogP contribution >= 0.6 is 12.2 Å². The quantitative estimate of drug-likeness (QED) is 0.411. The van der Waals surface area contributed by atoms with Crippen LogP contribution in [0.4, 0.5) is 23.7 Å². The number of nitrogens with one attached hydrogen (secondary N) is 2. The van der Waals surface area contributed by atoms with E-state index in [1.165, 1.54) is 12.3 Å². The predicted molar refractivity (Wildman–Crippen MR) is 98.6 cm³/mol. The molecule has 1 heterocycles. The Bertz CT molecular complexity index is 684. The van der Waals surface area contributed by atoms with Crippen LogP contribution in [-0.4, -0.2) is 72.1 Å². The summed E-state index contributed by atoms with van der Waals surface area (Å²) in [7, 11) is 0. The molecule has 0 aromatic carbocycles. The highest BCUT2D eigenvalue weighted by atomic mass is 32.1. The zero-order chi connectivity index (χ0) is 21.3. The van der Waals surface area contributed by atoms with Crippen molar-refractivity contribution in [2.24, 2.45) is 0 Å². The molecule has 12 heteroatoms. The second kappa shape index (κ2) is 10.9. The lowest BCUT2D eigenvalue weighted by atomic mass is 10.0. The summed E-state index contributed by atoms with van der Waals surface area (Å²) in [4.78, 5) is 27.2. The van der Waals surface area contributed by atoms with Crippen molar-refractivity contribution in [3.05, 3.63) is 18.0 Å². The molecular weight excluding hydrogens is 403 g/mol. The van der Waals surface area contributed by atoms with Crippen molar-refractivity contribution in [3.8, 4) is 0 Å². The number of amides is 1. The first-order valence-corrected chi connectivity index (χ1v) is 8.74. The van der Waals surface area contributed by atoms with Gasteiger partial charge in [-0.25, -0.2) is 22.8 Å². The minimum atomic E-state index is -3.18. The molecule has 1 amide bonds. The van der Waals surface area contributed by atoms with Gasteiger partial charge >= 0.3 is 12.1 Å². The number of thiocarbonyl (C=S) groups is 1. The fourth-order valence-electron chi connectivity index (χ4n) is 2.11. The van der Waals surface area contributed by atoms with Crippen LogP contribution < -0.4 is 10.2 Å². The SMILES string of the molecule is CCOC(=O)NC(=S)N(CC(F)C(F)(CO)CF)c1cc[nH]c1C(=O)OCC. The lowest BCUT2D eigenvalue weighted by molar-refractivity contribution is -0.0168. The first-order valence-electron chi connectivity index (χ1n) is 8.33. The molecule has 0 aliphatic rings. The minimum absolute atomic E-state index is 0.0262. The van der Waals surface area contributed by atoms with E-state index in [1.54, 1.807) is 13.8 Å². The summed E-state index contributed by atoms with van der Waals surface area (Å²) in [5, 5.41) is 10.7. The number of nitrogens with zero attached hydrogens (tertiary/aromatic N) is 1. The van der Waals surface area contributed by atoms with E-state index in [9.17, 15) is 22.8 Å². The third kappa shape index (κ3) is 5.83. The number of aromatic amines is 1. The van der Waals surface area contributed by atoms with E-state index in [4.69, 9.17) is 22.1 Å². The first-order chi connectivity index (χ1) is 13.2. The lowest BCUT2D eigenvalue weighted by Crippen LogP contribution is -2.52. The van der Waals surface area contributed by atoms with Crippen LogP contribution in [0.3, 0.4) is 0 Å². The minimum Gasteiger partial charge on any atom is -0.461 e. The molecule has 1 aromatic heterocycles. The smallest absolute Gasteiger partial charge is 0.413 e. The Morgan fingerprint density at radius 2 is 2.04 bits per heavy atom. The van der Waals surface area contributed by atoms with E-state index in [-0.39, 0.29) is 24.6 Å². The number of carbonyl (C=O) groups is 2. The third-order valence-electron chi connectivity index (χ3n) is 3.61. The van der Waals surface area contributed by atoms with Gasteiger partial charge in [0.15, 0.2) is 17.0 Å². The fourth-order valence-corrected chi connectivity index (χ4v) is 2.37. The zero-order valence-corrected chi connectivity index (χ0v) is 16.2. The second-order valence-electron chi connectivity index (χ2n) is 5.51. The average Bonchev–Trinajstić information content (AvgIpc) is 3.14. The number of carbonyl (C=O) groups excluding carboxylic acids is 2. The summed E-state index contributed by atoms with van der Waals surface area (Å²) in [6.07, 6.45) is -2.19. The van der Waals surface area contributed by atoms with Gasteiger partial charge in [0, 0.05) is 6.20 Å². The Morgan fingerprint density at radius 3 is 2.57 bits per heavy atom. The van der Waals surface area contributed by atoms with Gasteiger partial charge < -0.3 is 24.5 Å². The number of H-pyrrole nitrogens is 1. The number of alkyl halides is 3. The summed E-state index contributed by atoms with van der Waals surface area (Å²) in [5.41, 5.74) is -3.36. The van der Waals surface area contributed by atoms with Crippen molar-refractivity contribution in [1.29, 1.82) is 0 Å². The molecule has 0 bridgehead atoms. The second-order valence-corrected chi connectivity index (χ2v) is 5.90. The van der Waals surface area contributed by atoms with Crippen LogP contribution in [0.1, 0.15) is 24.3 Å². The number of aromatic nitrogens is 1. The molecule has 1 aromatic rings. The molecule has 1 rings (SSSR count). The van der Waals surface area contributed by atoms with Crippen molar-refractivity contribution in [1.82, 2.24) is 10.3 Å². The molecular formula is C16H22F3N3O5S. The van der Waals surface area contributed by atoms with E-state index in [1.807, 2.05) is 0 Å². The number of rotatable bonds is 9. The normalized spacial score (nSPS) is 13.9. The van der Waals surface area contributed by atoms with Crippen molar-refractivity contribution in [2.75, 3.05) is 37.9 Å². The van der Waals surface area contributed by atoms with Crippen molar-refractivity contribution in [3.63, 3.8) is 0 Å². The molecule has 2 atom stereocenters. The van der Waals surface area contributed by atoms with Gasteiger partial charge in [-0.15, -0.1) is 0 Å². The van der Waals surface area contributed by atoms with Gasteiger partial charge in [-0.3, -0.25) is 5.32 Å². The molecule has 0 aliphatic carbocycles. The van der Waals surface area contributed by atoms with Gasteiger partial charge in [-0.2, -0.15) is 0 Å². The highest BCUT2D eigenvalue weighted by Crippen LogP contribution is 2.26. The number of aliphatic hydroxyl groups is 1. The Labute approximate surface area is 165 Å². The highest BCUT2D eigenvalue weighted by Gasteiger charge is 2.42. The van der Waals surface area contributed by atoms with Crippen molar-refractivity contribution in [2.45, 2.75) is 25.7 Å². The van der Waals surface area contributed by atoms with Crippen LogP contribution in [0.5, 0.6) is 0 Å². The van der Waals surface area contributed by atoms with Gasteiger partial charge in [0.1, 0.15) is 12.4 Å². The fraction of sp³-hybridized carbons (Fsp3) is 0.562. The summed E-state index contributed by atoms with van der Waals surface area (Å²) in [6.45, 7) is -0.905. The maximum atomic E-state index is 14.5. The van der Waals surface area contributed by atoms with Crippen LogP contribution in [0, 0.1) is 0 Å². The van der Waals surface area contributed by atoms with E-state index < -0.39 is 48.8 Å². The van der Waals surface area contributed by atoms with E-state index in [0.717, 1.165) is 4.90 Å². The van der Waals surface area contributed by atoms with E-state index in [0.29, 0.717) is 0 Å². The number of halogens is 3. The first kappa shape index (κ1) is 23.7. The Morgan fingerprint density at radius 1 is 1.39 bits per heavy atom. The van der Waals surface area contributed by atoms with Gasteiger partial charge in [0.2, 0.25) is 0 Å². The largest absolute Gasteiger partial charge is 0.461 e. The maximum absolute atomic E-state index is 14.5. The molecule has 0 fully saturated rings. The van der Waals surface area contributed by atoms with E-state index >= 15 is 0 Å². The molecule has 8 nitrogen and oxygen atoms in total. The van der Waals surface area contributed by atoms with Gasteiger partial charge in [-0.1, -0.05) is 0 Å². The number of esters is 1. The van der Waals surface area contributed by atoms with Gasteiger partial charge in [0.05, 0.1) is 32.1 Å². The number of hydrogen-bond acceptors (Lipinski definition) is 6. The maximum Gasteiger partial charge on any atom is 0.413 e. The van der Waals surface area contributed by atoms with Crippen molar-refractivity contribution < 1.29 is 37.3 Å². The van der Waals surface area contributed by atoms with Crippen molar-refractivity contribution >= 4 is 35.1 Å². The monoisotopic (exact) mass is 425 g/mol. The summed E-state index contributed by atoms with van der Waals surface area (Å²) >= 11 is 5.04. The van der Waals surface area contributed by atoms with Crippen LogP contribution in [0.2, 0.25) is 0 Å². The van der Waals surface area contributed by atoms with Crippen LogP contribution in [-0.2, 0) is 9.47 Å². The molecule has 0 saturated heterocycles. The predicted octanol–water partition coefficient (Wildman–Crippen LogP) is 2.04. The van der Waals surface area contributed by atoms with Gasteiger partial charge in [0.25, 0.3) is 0 Å².